The third-order valence-corrected chi connectivity index (χ3v) is 7.43. The van der Waals surface area contributed by atoms with Crippen LogP contribution in [0.25, 0.3) is 5.76 Å². The van der Waals surface area contributed by atoms with Crippen molar-refractivity contribution in [2.75, 3.05) is 44.2 Å². The summed E-state index contributed by atoms with van der Waals surface area (Å²) >= 11 is 0. The van der Waals surface area contributed by atoms with E-state index in [9.17, 15) is 14.7 Å². The van der Waals surface area contributed by atoms with Crippen LogP contribution in [0.4, 0.5) is 11.4 Å². The summed E-state index contributed by atoms with van der Waals surface area (Å²) in [6.07, 6.45) is 0. The maximum atomic E-state index is 13.7. The summed E-state index contributed by atoms with van der Waals surface area (Å²) in [6.45, 7) is 6.74. The summed E-state index contributed by atoms with van der Waals surface area (Å²) in [5.74, 6) is 0.189. The van der Waals surface area contributed by atoms with Crippen LogP contribution in [0, 0.1) is 6.92 Å². The quantitative estimate of drug-likeness (QED) is 0.247. The normalized spacial score (nSPS) is 17.9. The molecule has 0 radical (unpaired) electrons. The number of rotatable bonds is 6. The van der Waals surface area contributed by atoms with Crippen LogP contribution in [0.1, 0.15) is 48.1 Å². The number of ether oxygens (including phenoxy) is 3. The zero-order chi connectivity index (χ0) is 28.7. The van der Waals surface area contributed by atoms with Gasteiger partial charge in [0.2, 0.25) is 0 Å². The molecule has 1 saturated heterocycles. The first-order chi connectivity index (χ1) is 19.1. The second kappa shape index (κ2) is 10.6. The summed E-state index contributed by atoms with van der Waals surface area (Å²) < 4.78 is 17.0. The highest BCUT2D eigenvalue weighted by molar-refractivity contribution is 6.51. The average molecular weight is 543 g/mol. The van der Waals surface area contributed by atoms with Crippen molar-refractivity contribution in [2.45, 2.75) is 32.7 Å². The van der Waals surface area contributed by atoms with E-state index in [1.807, 2.05) is 76.2 Å². The molecule has 1 N–H and O–H groups in total. The molecule has 40 heavy (non-hydrogen) atoms. The Kier molecular flexibility index (Phi) is 7.19. The Morgan fingerprint density at radius 3 is 2.30 bits per heavy atom. The zero-order valence-electron chi connectivity index (χ0n) is 23.6. The Hall–Kier alpha value is -4.46. The number of nitrogens with zero attached hydrogens (tertiary/aromatic N) is 2. The summed E-state index contributed by atoms with van der Waals surface area (Å²) in [5.41, 5.74) is 4.26. The molecule has 0 saturated carbocycles. The maximum Gasteiger partial charge on any atom is 0.300 e. The van der Waals surface area contributed by atoms with Crippen LogP contribution in [-0.2, 0) is 9.59 Å². The van der Waals surface area contributed by atoms with Crippen LogP contribution < -0.4 is 24.0 Å². The molecule has 8 nitrogen and oxygen atoms in total. The second-order valence-corrected chi connectivity index (χ2v) is 10.5. The molecule has 0 aromatic heterocycles. The minimum absolute atomic E-state index is 0.0282. The molecule has 3 aromatic rings. The average Bonchev–Trinajstić information content (AvgIpc) is 3.21. The van der Waals surface area contributed by atoms with Gasteiger partial charge < -0.3 is 24.2 Å². The van der Waals surface area contributed by atoms with Crippen LogP contribution in [0.3, 0.4) is 0 Å². The lowest BCUT2D eigenvalue weighted by Gasteiger charge is -2.27. The van der Waals surface area contributed by atoms with E-state index in [0.29, 0.717) is 47.3 Å². The van der Waals surface area contributed by atoms with Crippen molar-refractivity contribution < 1.29 is 28.9 Å². The van der Waals surface area contributed by atoms with Gasteiger partial charge in [-0.15, -0.1) is 0 Å². The van der Waals surface area contributed by atoms with Crippen molar-refractivity contribution in [3.8, 4) is 17.2 Å². The Morgan fingerprint density at radius 1 is 1.00 bits per heavy atom. The highest BCUT2D eigenvalue weighted by atomic mass is 16.6. The monoisotopic (exact) mass is 542 g/mol. The molecule has 2 heterocycles. The van der Waals surface area contributed by atoms with Crippen LogP contribution in [0.5, 0.6) is 17.2 Å². The largest absolute Gasteiger partial charge is 0.507 e. The number of aryl methyl sites for hydroxylation is 1. The number of hydrogen-bond acceptors (Lipinski definition) is 7. The van der Waals surface area contributed by atoms with E-state index in [1.165, 1.54) is 4.90 Å². The van der Waals surface area contributed by atoms with Crippen molar-refractivity contribution >= 4 is 28.8 Å². The number of carbonyl (C=O) groups is 2. The van der Waals surface area contributed by atoms with Crippen molar-refractivity contribution in [1.29, 1.82) is 0 Å². The molecule has 1 atom stereocenters. The first-order valence-electron chi connectivity index (χ1n) is 13.3. The number of amides is 1. The van der Waals surface area contributed by atoms with Gasteiger partial charge in [-0.05, 0) is 65.9 Å². The predicted molar refractivity (Wildman–Crippen MR) is 155 cm³/mol. The molecule has 2 aliphatic rings. The highest BCUT2D eigenvalue weighted by Gasteiger charge is 2.47. The Balaban J connectivity index is 1.72. The van der Waals surface area contributed by atoms with Gasteiger partial charge in [0.1, 0.15) is 24.7 Å². The van der Waals surface area contributed by atoms with E-state index in [2.05, 4.69) is 0 Å². The molecule has 0 aliphatic carbocycles. The van der Waals surface area contributed by atoms with E-state index >= 15 is 0 Å². The first kappa shape index (κ1) is 27.1. The molecule has 2 aliphatic heterocycles. The number of hydrogen-bond donors (Lipinski definition) is 1. The van der Waals surface area contributed by atoms with Gasteiger partial charge in [-0.3, -0.25) is 14.5 Å². The lowest BCUT2D eigenvalue weighted by molar-refractivity contribution is -0.132. The van der Waals surface area contributed by atoms with Crippen molar-refractivity contribution in [3.05, 3.63) is 82.4 Å². The fraction of sp³-hybridized carbons (Fsp3) is 0.312. The molecule has 8 heteroatoms. The SMILES string of the molecule is COc1cc(C)c(/C(O)=C2\C(=O)C(=O)N(c3ccc4c(c3)OCCO4)C2c2ccc(N(C)C)cc2)cc1C(C)C. The lowest BCUT2D eigenvalue weighted by Crippen LogP contribution is -2.29. The smallest absolute Gasteiger partial charge is 0.300 e. The number of fused-ring (bicyclic) bond motifs is 1. The van der Waals surface area contributed by atoms with Gasteiger partial charge >= 0.3 is 0 Å². The summed E-state index contributed by atoms with van der Waals surface area (Å²) in [6, 6.07) is 15.6. The number of ketones is 1. The van der Waals surface area contributed by atoms with Gasteiger partial charge in [0.05, 0.1) is 18.7 Å². The fourth-order valence-corrected chi connectivity index (χ4v) is 5.28. The van der Waals surface area contributed by atoms with E-state index in [4.69, 9.17) is 14.2 Å². The third kappa shape index (κ3) is 4.63. The molecule has 0 spiro atoms. The first-order valence-corrected chi connectivity index (χ1v) is 13.3. The van der Waals surface area contributed by atoms with E-state index in [1.54, 1.807) is 25.3 Å². The molecular formula is C32H34N2O6. The number of Topliss-reactive ketones (excluding diaryl/α,β-unsaturated/α-hetero) is 1. The van der Waals surface area contributed by atoms with E-state index in [0.717, 1.165) is 16.8 Å². The standard InChI is InChI=1S/C32H34N2O6/c1-18(2)23-17-24(19(3)15-26(23)38-6)30(35)28-29(20-7-9-21(10-8-20)33(4)5)34(32(37)31(28)36)22-11-12-25-27(16-22)40-14-13-39-25/h7-12,15-18,29,35H,13-14H2,1-6H3/b30-28+. The molecule has 5 rings (SSSR count). The molecular weight excluding hydrogens is 508 g/mol. The number of carbonyl (C=O) groups excluding carboxylic acids is 2. The van der Waals surface area contributed by atoms with Crippen LogP contribution in [0.15, 0.2) is 60.2 Å². The number of aliphatic hydroxyl groups is 1. The van der Waals surface area contributed by atoms with Gasteiger partial charge in [-0.1, -0.05) is 26.0 Å². The summed E-state index contributed by atoms with van der Waals surface area (Å²) in [5, 5.41) is 11.8. The molecule has 208 valence electrons. The lowest BCUT2D eigenvalue weighted by atomic mass is 9.91. The van der Waals surface area contributed by atoms with Crippen molar-refractivity contribution in [2.24, 2.45) is 0 Å². The number of aliphatic hydroxyl groups excluding tert-OH is 1. The van der Waals surface area contributed by atoms with Crippen molar-refractivity contribution in [1.82, 2.24) is 0 Å². The van der Waals surface area contributed by atoms with Gasteiger partial charge in [-0.25, -0.2) is 0 Å². The minimum atomic E-state index is -0.859. The third-order valence-electron chi connectivity index (χ3n) is 7.43. The summed E-state index contributed by atoms with van der Waals surface area (Å²) in [7, 11) is 5.49. The van der Waals surface area contributed by atoms with E-state index < -0.39 is 17.7 Å². The number of anilines is 2. The Bertz CT molecular complexity index is 1510. The topological polar surface area (TPSA) is 88.5 Å². The van der Waals surface area contributed by atoms with Crippen LogP contribution in [0.2, 0.25) is 0 Å². The predicted octanol–water partition coefficient (Wildman–Crippen LogP) is 5.59. The Labute approximate surface area is 234 Å². The van der Waals surface area contributed by atoms with Crippen LogP contribution >= 0.6 is 0 Å². The maximum absolute atomic E-state index is 13.7. The minimum Gasteiger partial charge on any atom is -0.507 e. The number of methoxy groups -OCH3 is 1. The Morgan fingerprint density at radius 2 is 1.68 bits per heavy atom. The van der Waals surface area contributed by atoms with Gasteiger partial charge in [-0.2, -0.15) is 0 Å². The number of benzene rings is 3. The van der Waals surface area contributed by atoms with Gasteiger partial charge in [0.25, 0.3) is 11.7 Å². The highest BCUT2D eigenvalue weighted by Crippen LogP contribution is 2.45. The molecule has 0 bridgehead atoms. The zero-order valence-corrected chi connectivity index (χ0v) is 23.6. The molecule has 1 amide bonds. The molecule has 1 unspecified atom stereocenters. The summed E-state index contributed by atoms with van der Waals surface area (Å²) in [4.78, 5) is 30.8. The van der Waals surface area contributed by atoms with Crippen LogP contribution in [-0.4, -0.2) is 51.2 Å². The van der Waals surface area contributed by atoms with Gasteiger partial charge in [0, 0.05) is 37.1 Å². The molecule has 3 aromatic carbocycles. The molecule has 1 fully saturated rings. The van der Waals surface area contributed by atoms with Gasteiger partial charge in [0.15, 0.2) is 11.5 Å². The second-order valence-electron chi connectivity index (χ2n) is 10.5. The fourth-order valence-electron chi connectivity index (χ4n) is 5.28. The van der Waals surface area contributed by atoms with Crippen molar-refractivity contribution in [3.63, 3.8) is 0 Å². The van der Waals surface area contributed by atoms with E-state index in [-0.39, 0.29) is 17.3 Å².